The van der Waals surface area contributed by atoms with E-state index in [2.05, 4.69) is 10.6 Å². The normalized spacial score (nSPS) is 19.3. The van der Waals surface area contributed by atoms with Gasteiger partial charge >= 0.3 is 5.97 Å². The number of hydrogen-bond donors (Lipinski definition) is 3. The van der Waals surface area contributed by atoms with Gasteiger partial charge in [0.2, 0.25) is 11.8 Å². The molecule has 2 fully saturated rings. The molecular weight excluding hydrogens is 470 g/mol. The van der Waals surface area contributed by atoms with Gasteiger partial charge in [0.15, 0.2) is 0 Å². The van der Waals surface area contributed by atoms with Gasteiger partial charge in [0.05, 0.1) is 18.9 Å². The summed E-state index contributed by atoms with van der Waals surface area (Å²) in [7, 11) is 1.60. The smallest absolute Gasteiger partial charge is 0.308 e. The molecule has 2 aliphatic heterocycles. The van der Waals surface area contributed by atoms with Gasteiger partial charge in [0, 0.05) is 26.1 Å². The zero-order valence-electron chi connectivity index (χ0n) is 20.7. The quantitative estimate of drug-likeness (QED) is 0.423. The lowest BCUT2D eigenvalue weighted by atomic mass is 9.92. The second kappa shape index (κ2) is 14.9. The zero-order chi connectivity index (χ0) is 24.3. The van der Waals surface area contributed by atoms with Crippen LogP contribution >= 0.6 is 12.4 Å². The van der Waals surface area contributed by atoms with Crippen molar-refractivity contribution in [1.29, 1.82) is 0 Å². The number of nitrogens with zero attached hydrogens (tertiary/aromatic N) is 1. The highest BCUT2D eigenvalue weighted by Gasteiger charge is 2.29. The number of amides is 2. The largest absolute Gasteiger partial charge is 0.496 e. The number of rotatable bonds is 11. The third kappa shape index (κ3) is 9.00. The van der Waals surface area contributed by atoms with Crippen molar-refractivity contribution in [3.8, 4) is 5.75 Å². The Hall–Kier alpha value is -2.32. The number of ether oxygens (including phenoxy) is 1. The summed E-state index contributed by atoms with van der Waals surface area (Å²) in [6.07, 6.45) is 6.20. The number of likely N-dealkylation sites (tertiary alicyclic amines) is 1. The van der Waals surface area contributed by atoms with Crippen LogP contribution in [0.4, 0.5) is 0 Å². The molecule has 35 heavy (non-hydrogen) atoms. The fraction of sp³-hybridized carbons (Fsp3) is 0.654. The summed E-state index contributed by atoms with van der Waals surface area (Å²) in [5.74, 6) is -0.551. The summed E-state index contributed by atoms with van der Waals surface area (Å²) in [5, 5.41) is 15.8. The van der Waals surface area contributed by atoms with Crippen LogP contribution in [-0.4, -0.2) is 67.6 Å². The highest BCUT2D eigenvalue weighted by atomic mass is 35.5. The standard InChI is InChI=1S/C26H39N3O5.ClH/c1-34-23-7-3-2-5-20(23)9-10-21(26(32)33)17-28-25(31)22-6-4-16-29(18-22)24(30)11-8-19-12-14-27-15-13-19;/h2-3,5,7,19,21-22,27H,4,6,8-18H2,1H3,(H,28,31)(H,32,33);1H/t21-,22-;/m1./s1. The van der Waals surface area contributed by atoms with Crippen LogP contribution in [0.1, 0.15) is 50.5 Å². The first-order valence-corrected chi connectivity index (χ1v) is 12.6. The van der Waals surface area contributed by atoms with Crippen molar-refractivity contribution in [3.63, 3.8) is 0 Å². The van der Waals surface area contributed by atoms with E-state index in [1.807, 2.05) is 29.2 Å². The SMILES string of the molecule is COc1ccccc1CC[C@H](CNC(=O)[C@@H]1CCCN(C(=O)CCC2CCNCC2)C1)C(=O)O.Cl. The lowest BCUT2D eigenvalue weighted by molar-refractivity contribution is -0.142. The number of piperidine rings is 2. The molecular formula is C26H40ClN3O5. The average Bonchev–Trinajstić information content (AvgIpc) is 2.87. The monoisotopic (exact) mass is 509 g/mol. The van der Waals surface area contributed by atoms with Crippen LogP contribution in [-0.2, 0) is 20.8 Å². The molecule has 0 bridgehead atoms. The Morgan fingerprint density at radius 3 is 2.66 bits per heavy atom. The molecule has 0 spiro atoms. The lowest BCUT2D eigenvalue weighted by Crippen LogP contribution is -2.46. The molecule has 0 saturated carbocycles. The van der Waals surface area contributed by atoms with Crippen molar-refractivity contribution in [2.75, 3.05) is 39.8 Å². The van der Waals surface area contributed by atoms with Crippen LogP contribution in [0.3, 0.4) is 0 Å². The molecule has 3 rings (SSSR count). The molecule has 2 heterocycles. The predicted octanol–water partition coefficient (Wildman–Crippen LogP) is 2.89. The van der Waals surface area contributed by atoms with Gasteiger partial charge in [0.25, 0.3) is 0 Å². The van der Waals surface area contributed by atoms with Crippen LogP contribution < -0.4 is 15.4 Å². The highest BCUT2D eigenvalue weighted by Crippen LogP contribution is 2.23. The van der Waals surface area contributed by atoms with E-state index in [-0.39, 0.29) is 36.7 Å². The maximum Gasteiger partial charge on any atom is 0.308 e. The second-order valence-electron chi connectivity index (χ2n) is 9.54. The van der Waals surface area contributed by atoms with E-state index in [1.54, 1.807) is 7.11 Å². The molecule has 1 aromatic rings. The molecule has 0 aliphatic carbocycles. The number of carbonyl (C=O) groups excluding carboxylic acids is 2. The fourth-order valence-electron chi connectivity index (χ4n) is 4.99. The fourth-order valence-corrected chi connectivity index (χ4v) is 4.99. The summed E-state index contributed by atoms with van der Waals surface area (Å²) in [4.78, 5) is 39.1. The van der Waals surface area contributed by atoms with Gasteiger partial charge < -0.3 is 25.4 Å². The summed E-state index contributed by atoms with van der Waals surface area (Å²) < 4.78 is 5.34. The van der Waals surface area contributed by atoms with Crippen LogP contribution in [0.25, 0.3) is 0 Å². The Bertz CT molecular complexity index is 831. The summed E-state index contributed by atoms with van der Waals surface area (Å²) in [6.45, 7) is 3.27. The van der Waals surface area contributed by atoms with Gasteiger partial charge in [-0.25, -0.2) is 0 Å². The highest BCUT2D eigenvalue weighted by molar-refractivity contribution is 5.85. The molecule has 2 amide bonds. The van der Waals surface area contributed by atoms with Crippen molar-refractivity contribution >= 4 is 30.2 Å². The van der Waals surface area contributed by atoms with E-state index < -0.39 is 11.9 Å². The molecule has 1 aromatic carbocycles. The Balaban J connectivity index is 0.00000432. The number of carboxylic acid groups (broad SMARTS) is 1. The number of hydrogen-bond acceptors (Lipinski definition) is 5. The van der Waals surface area contributed by atoms with Crippen molar-refractivity contribution in [3.05, 3.63) is 29.8 Å². The number of aliphatic carboxylic acids is 1. The molecule has 2 saturated heterocycles. The molecule has 196 valence electrons. The molecule has 0 aromatic heterocycles. The van der Waals surface area contributed by atoms with Crippen molar-refractivity contribution in [2.24, 2.45) is 17.8 Å². The number of halogens is 1. The first kappa shape index (κ1) is 28.9. The van der Waals surface area contributed by atoms with Gasteiger partial charge in [-0.3, -0.25) is 14.4 Å². The zero-order valence-corrected chi connectivity index (χ0v) is 21.5. The first-order chi connectivity index (χ1) is 16.5. The van der Waals surface area contributed by atoms with Crippen LogP contribution in [0.2, 0.25) is 0 Å². The maximum atomic E-state index is 12.8. The number of benzene rings is 1. The maximum absolute atomic E-state index is 12.8. The van der Waals surface area contributed by atoms with Crippen LogP contribution in [0, 0.1) is 17.8 Å². The number of para-hydroxylation sites is 1. The number of carboxylic acids is 1. The Morgan fingerprint density at radius 2 is 1.94 bits per heavy atom. The number of methoxy groups -OCH3 is 1. The minimum absolute atomic E-state index is 0. The van der Waals surface area contributed by atoms with E-state index in [0.29, 0.717) is 38.3 Å². The Kier molecular flexibility index (Phi) is 12.3. The van der Waals surface area contributed by atoms with Crippen LogP contribution in [0.5, 0.6) is 5.75 Å². The minimum Gasteiger partial charge on any atom is -0.496 e. The third-order valence-electron chi connectivity index (χ3n) is 7.20. The van der Waals surface area contributed by atoms with Gasteiger partial charge in [-0.1, -0.05) is 18.2 Å². The lowest BCUT2D eigenvalue weighted by Gasteiger charge is -2.33. The Morgan fingerprint density at radius 1 is 1.20 bits per heavy atom. The summed E-state index contributed by atoms with van der Waals surface area (Å²) in [5.41, 5.74) is 0.952. The average molecular weight is 510 g/mol. The van der Waals surface area contributed by atoms with E-state index in [1.165, 1.54) is 0 Å². The molecule has 9 heteroatoms. The van der Waals surface area contributed by atoms with E-state index >= 15 is 0 Å². The van der Waals surface area contributed by atoms with Gasteiger partial charge in [0.1, 0.15) is 5.75 Å². The summed E-state index contributed by atoms with van der Waals surface area (Å²) in [6, 6.07) is 7.56. The van der Waals surface area contributed by atoms with E-state index in [9.17, 15) is 19.5 Å². The van der Waals surface area contributed by atoms with Crippen LogP contribution in [0.15, 0.2) is 24.3 Å². The molecule has 0 unspecified atom stereocenters. The second-order valence-corrected chi connectivity index (χ2v) is 9.54. The summed E-state index contributed by atoms with van der Waals surface area (Å²) >= 11 is 0. The predicted molar refractivity (Wildman–Crippen MR) is 137 cm³/mol. The van der Waals surface area contributed by atoms with Gasteiger partial charge in [-0.05, 0) is 75.6 Å². The Labute approximate surface area is 214 Å². The number of nitrogens with one attached hydrogen (secondary N) is 2. The topological polar surface area (TPSA) is 108 Å². The molecule has 3 N–H and O–H groups in total. The number of aryl methyl sites for hydroxylation is 1. The van der Waals surface area contributed by atoms with Crippen molar-refractivity contribution in [1.82, 2.24) is 15.5 Å². The minimum atomic E-state index is -0.923. The first-order valence-electron chi connectivity index (χ1n) is 12.6. The molecule has 8 nitrogen and oxygen atoms in total. The molecule has 0 radical (unpaired) electrons. The van der Waals surface area contributed by atoms with Gasteiger partial charge in [-0.15, -0.1) is 12.4 Å². The van der Waals surface area contributed by atoms with Crippen molar-refractivity contribution < 1.29 is 24.2 Å². The third-order valence-corrected chi connectivity index (χ3v) is 7.20. The van der Waals surface area contributed by atoms with E-state index in [4.69, 9.17) is 4.74 Å². The van der Waals surface area contributed by atoms with E-state index in [0.717, 1.165) is 56.5 Å². The van der Waals surface area contributed by atoms with Gasteiger partial charge in [-0.2, -0.15) is 0 Å². The van der Waals surface area contributed by atoms with Crippen molar-refractivity contribution in [2.45, 2.75) is 51.4 Å². The molecule has 2 atom stereocenters. The number of carbonyl (C=O) groups is 3. The molecule has 2 aliphatic rings.